The number of hydrogen-bond donors (Lipinski definition) is 2. The third-order valence-electron chi connectivity index (χ3n) is 4.65. The Balaban J connectivity index is 1.93. The monoisotopic (exact) mass is 435 g/mol. The van der Waals surface area contributed by atoms with E-state index in [1.165, 1.54) is 19.2 Å². The molecule has 0 aliphatic heterocycles. The summed E-state index contributed by atoms with van der Waals surface area (Å²) in [6.45, 7) is 1.86. The maximum Gasteiger partial charge on any atom is 0.341 e. The number of ether oxygens (including phenoxy) is 2. The zero-order chi connectivity index (χ0) is 23.3. The molecule has 0 radical (unpaired) electrons. The predicted octanol–water partition coefficient (Wildman–Crippen LogP) is 4.03. The number of nitro benzene ring substituents is 1. The summed E-state index contributed by atoms with van der Waals surface area (Å²) in [5.41, 5.74) is 6.99. The van der Waals surface area contributed by atoms with Gasteiger partial charge in [0.15, 0.2) is 0 Å². The van der Waals surface area contributed by atoms with Crippen molar-refractivity contribution in [2.24, 2.45) is 0 Å². The number of rotatable bonds is 7. The first-order valence-electron chi connectivity index (χ1n) is 9.55. The van der Waals surface area contributed by atoms with Gasteiger partial charge in [-0.1, -0.05) is 36.4 Å². The number of nitrogens with two attached hydrogens (primary N) is 1. The number of nitrogens with zero attached hydrogens (tertiary/aromatic N) is 1. The van der Waals surface area contributed by atoms with Gasteiger partial charge in [-0.3, -0.25) is 14.9 Å². The topological polar surface area (TPSA) is 134 Å². The second-order valence-corrected chi connectivity index (χ2v) is 6.92. The molecule has 32 heavy (non-hydrogen) atoms. The zero-order valence-corrected chi connectivity index (χ0v) is 17.4. The molecule has 0 saturated heterocycles. The minimum absolute atomic E-state index is 0.00632. The molecule has 1 unspecified atom stereocenters. The van der Waals surface area contributed by atoms with Crippen molar-refractivity contribution < 1.29 is 24.0 Å². The largest absolute Gasteiger partial charge is 0.495 e. The van der Waals surface area contributed by atoms with Gasteiger partial charge < -0.3 is 20.5 Å². The van der Waals surface area contributed by atoms with Crippen LogP contribution in [0, 0.1) is 17.0 Å². The van der Waals surface area contributed by atoms with E-state index in [2.05, 4.69) is 5.32 Å². The van der Waals surface area contributed by atoms with Crippen molar-refractivity contribution >= 4 is 28.9 Å². The third kappa shape index (κ3) is 5.01. The molecule has 1 amide bonds. The first-order valence-corrected chi connectivity index (χ1v) is 9.55. The highest BCUT2D eigenvalue weighted by molar-refractivity contribution is 6.01. The maximum atomic E-state index is 13.1. The number of benzene rings is 3. The van der Waals surface area contributed by atoms with Crippen LogP contribution in [0.4, 0.5) is 17.1 Å². The normalized spacial score (nSPS) is 11.3. The van der Waals surface area contributed by atoms with Gasteiger partial charge in [0, 0.05) is 23.4 Å². The Hall–Kier alpha value is -4.40. The van der Waals surface area contributed by atoms with Crippen LogP contribution in [0.1, 0.15) is 27.6 Å². The summed E-state index contributed by atoms with van der Waals surface area (Å²) in [7, 11) is 1.47. The van der Waals surface area contributed by atoms with Crippen molar-refractivity contribution in [1.82, 2.24) is 0 Å². The Morgan fingerprint density at radius 2 is 1.78 bits per heavy atom. The molecule has 0 aliphatic rings. The van der Waals surface area contributed by atoms with Crippen LogP contribution in [0.5, 0.6) is 5.75 Å². The Labute approximate surface area is 183 Å². The predicted molar refractivity (Wildman–Crippen MR) is 118 cm³/mol. The van der Waals surface area contributed by atoms with E-state index in [1.54, 1.807) is 42.5 Å². The Bertz CT molecular complexity index is 1160. The van der Waals surface area contributed by atoms with E-state index in [0.29, 0.717) is 17.0 Å². The molecule has 0 spiro atoms. The molecule has 0 fully saturated rings. The summed E-state index contributed by atoms with van der Waals surface area (Å²) in [4.78, 5) is 36.4. The molecular weight excluding hydrogens is 414 g/mol. The smallest absolute Gasteiger partial charge is 0.341 e. The van der Waals surface area contributed by atoms with Gasteiger partial charge in [0.05, 0.1) is 23.3 Å². The van der Waals surface area contributed by atoms with Crippen LogP contribution in [-0.2, 0) is 9.53 Å². The number of non-ortho nitro benzene ring substituents is 1. The number of esters is 1. The summed E-state index contributed by atoms with van der Waals surface area (Å²) in [5, 5.41) is 13.8. The standard InChI is InChI=1S/C23H21N3O6/c1-14-8-11-20(31-2)19(12-14)25-22(27)21(15-6-4-3-5-7-15)32-23(28)17-13-16(26(29)30)9-10-18(17)24/h3-13,21H,24H2,1-2H3,(H,25,27). The molecule has 0 aromatic heterocycles. The zero-order valence-electron chi connectivity index (χ0n) is 17.4. The van der Waals surface area contributed by atoms with Gasteiger partial charge in [0.2, 0.25) is 6.10 Å². The molecule has 3 N–H and O–H groups in total. The highest BCUT2D eigenvalue weighted by Gasteiger charge is 2.28. The average Bonchev–Trinajstić information content (AvgIpc) is 2.78. The van der Waals surface area contributed by atoms with Crippen LogP contribution >= 0.6 is 0 Å². The Morgan fingerprint density at radius 3 is 2.44 bits per heavy atom. The van der Waals surface area contributed by atoms with Crippen molar-refractivity contribution in [3.63, 3.8) is 0 Å². The average molecular weight is 435 g/mol. The molecular formula is C23H21N3O6. The lowest BCUT2D eigenvalue weighted by molar-refractivity contribution is -0.384. The van der Waals surface area contributed by atoms with Crippen LogP contribution in [0.25, 0.3) is 0 Å². The Kier molecular flexibility index (Phi) is 6.69. The molecule has 0 heterocycles. The number of nitro groups is 1. The van der Waals surface area contributed by atoms with Crippen molar-refractivity contribution in [1.29, 1.82) is 0 Å². The molecule has 3 rings (SSSR count). The number of carbonyl (C=O) groups is 2. The van der Waals surface area contributed by atoms with Gasteiger partial charge >= 0.3 is 5.97 Å². The molecule has 0 bridgehead atoms. The molecule has 164 valence electrons. The molecule has 9 nitrogen and oxygen atoms in total. The minimum Gasteiger partial charge on any atom is -0.495 e. The van der Waals surface area contributed by atoms with Crippen molar-refractivity contribution in [2.45, 2.75) is 13.0 Å². The lowest BCUT2D eigenvalue weighted by Crippen LogP contribution is -2.26. The fourth-order valence-corrected chi connectivity index (χ4v) is 3.02. The summed E-state index contributed by atoms with van der Waals surface area (Å²) in [6.07, 6.45) is -1.34. The van der Waals surface area contributed by atoms with Gasteiger partial charge in [0.25, 0.3) is 11.6 Å². The lowest BCUT2D eigenvalue weighted by Gasteiger charge is -2.19. The number of anilines is 2. The molecule has 9 heteroatoms. The number of methoxy groups -OCH3 is 1. The van der Waals surface area contributed by atoms with E-state index in [-0.39, 0.29) is 16.9 Å². The summed E-state index contributed by atoms with van der Waals surface area (Å²) in [6, 6.07) is 17.1. The van der Waals surface area contributed by atoms with Crippen molar-refractivity contribution in [3.05, 3.63) is 93.5 Å². The number of hydrogen-bond acceptors (Lipinski definition) is 7. The van der Waals surface area contributed by atoms with E-state index in [0.717, 1.165) is 11.6 Å². The van der Waals surface area contributed by atoms with Gasteiger partial charge in [-0.2, -0.15) is 0 Å². The van der Waals surface area contributed by atoms with Gasteiger partial charge in [-0.05, 0) is 30.7 Å². The second kappa shape index (κ2) is 9.61. The van der Waals surface area contributed by atoms with E-state index in [1.807, 2.05) is 13.0 Å². The van der Waals surface area contributed by atoms with Crippen molar-refractivity contribution in [3.8, 4) is 5.75 Å². The SMILES string of the molecule is COc1ccc(C)cc1NC(=O)C(OC(=O)c1cc([N+](=O)[O-])ccc1N)c1ccccc1. The number of aryl methyl sites for hydroxylation is 1. The third-order valence-corrected chi connectivity index (χ3v) is 4.65. The van der Waals surface area contributed by atoms with E-state index < -0.39 is 22.9 Å². The highest BCUT2D eigenvalue weighted by atomic mass is 16.6. The number of nitrogen functional groups attached to an aromatic ring is 1. The second-order valence-electron chi connectivity index (χ2n) is 6.92. The van der Waals surface area contributed by atoms with Crippen LogP contribution in [0.3, 0.4) is 0 Å². The first kappa shape index (κ1) is 22.3. The van der Waals surface area contributed by atoms with Crippen molar-refractivity contribution in [2.75, 3.05) is 18.2 Å². The molecule has 0 aliphatic carbocycles. The number of carbonyl (C=O) groups excluding carboxylic acids is 2. The first-order chi connectivity index (χ1) is 15.3. The number of nitrogens with one attached hydrogen (secondary N) is 1. The summed E-state index contributed by atoms with van der Waals surface area (Å²) in [5.74, 6) is -1.16. The van der Waals surface area contributed by atoms with Crippen LogP contribution in [-0.4, -0.2) is 23.9 Å². The molecule has 3 aromatic carbocycles. The van der Waals surface area contributed by atoms with Gasteiger partial charge in [0.1, 0.15) is 5.75 Å². The van der Waals surface area contributed by atoms with Crippen LogP contribution < -0.4 is 15.8 Å². The summed E-state index contributed by atoms with van der Waals surface area (Å²) < 4.78 is 10.8. The highest BCUT2D eigenvalue weighted by Crippen LogP contribution is 2.29. The van der Waals surface area contributed by atoms with E-state index in [9.17, 15) is 19.7 Å². The van der Waals surface area contributed by atoms with E-state index >= 15 is 0 Å². The fraction of sp³-hybridized carbons (Fsp3) is 0.130. The molecule has 1 atom stereocenters. The number of amides is 1. The quantitative estimate of drug-likeness (QED) is 0.248. The fourth-order valence-electron chi connectivity index (χ4n) is 3.02. The molecule has 3 aromatic rings. The lowest BCUT2D eigenvalue weighted by atomic mass is 10.1. The van der Waals surface area contributed by atoms with Gasteiger partial charge in [-0.15, -0.1) is 0 Å². The molecule has 0 saturated carbocycles. The Morgan fingerprint density at radius 1 is 1.06 bits per heavy atom. The van der Waals surface area contributed by atoms with Crippen LogP contribution in [0.15, 0.2) is 66.7 Å². The van der Waals surface area contributed by atoms with E-state index in [4.69, 9.17) is 15.2 Å². The van der Waals surface area contributed by atoms with Crippen LogP contribution in [0.2, 0.25) is 0 Å². The minimum atomic E-state index is -1.34. The maximum absolute atomic E-state index is 13.1. The van der Waals surface area contributed by atoms with Gasteiger partial charge in [-0.25, -0.2) is 4.79 Å². The summed E-state index contributed by atoms with van der Waals surface area (Å²) >= 11 is 0.